The van der Waals surface area contributed by atoms with Crippen LogP contribution >= 0.6 is 15.9 Å². The molecule has 5 nitrogen and oxygen atoms in total. The van der Waals surface area contributed by atoms with Crippen molar-refractivity contribution in [1.82, 2.24) is 10.6 Å². The fraction of sp³-hybridized carbons (Fsp3) is 0.462. The van der Waals surface area contributed by atoms with Crippen molar-refractivity contribution in [1.29, 1.82) is 0 Å². The summed E-state index contributed by atoms with van der Waals surface area (Å²) in [4.78, 5) is 12.1. The summed E-state index contributed by atoms with van der Waals surface area (Å²) in [5.74, 6) is 1.76. The summed E-state index contributed by atoms with van der Waals surface area (Å²) >= 11 is 3.41. The number of nitrogens with one attached hydrogen (secondary N) is 2. The molecule has 2 N–H and O–H groups in total. The summed E-state index contributed by atoms with van der Waals surface area (Å²) in [7, 11) is 0. The van der Waals surface area contributed by atoms with Gasteiger partial charge in [0.05, 0.1) is 4.47 Å². The van der Waals surface area contributed by atoms with Gasteiger partial charge in [-0.05, 0) is 28.1 Å². The van der Waals surface area contributed by atoms with Crippen LogP contribution in [0, 0.1) is 5.92 Å². The molecule has 1 aromatic carbocycles. The zero-order valence-corrected chi connectivity index (χ0v) is 12.0. The van der Waals surface area contributed by atoms with Crippen molar-refractivity contribution in [2.24, 2.45) is 5.92 Å². The molecule has 0 aliphatic carbocycles. The summed E-state index contributed by atoms with van der Waals surface area (Å²) in [6.45, 7) is 3.71. The number of halogens is 1. The molecule has 2 heterocycles. The Morgan fingerprint density at radius 2 is 2.16 bits per heavy atom. The third-order valence-corrected chi connectivity index (χ3v) is 3.87. The lowest BCUT2D eigenvalue weighted by atomic mass is 10.0. The van der Waals surface area contributed by atoms with E-state index in [0.717, 1.165) is 17.6 Å². The Balaban J connectivity index is 1.72. The van der Waals surface area contributed by atoms with Crippen LogP contribution in [0.4, 0.5) is 0 Å². The van der Waals surface area contributed by atoms with Gasteiger partial charge >= 0.3 is 0 Å². The predicted molar refractivity (Wildman–Crippen MR) is 73.8 cm³/mol. The molecule has 0 bridgehead atoms. The monoisotopic (exact) mass is 326 g/mol. The zero-order chi connectivity index (χ0) is 13.2. The number of carbonyl (C=O) groups excluding carboxylic acids is 1. The van der Waals surface area contributed by atoms with Crippen LogP contribution in [0.1, 0.15) is 10.4 Å². The van der Waals surface area contributed by atoms with Gasteiger partial charge in [0.2, 0.25) is 0 Å². The van der Waals surface area contributed by atoms with Gasteiger partial charge in [0, 0.05) is 31.1 Å². The number of rotatable bonds is 3. The number of ether oxygens (including phenoxy) is 2. The minimum atomic E-state index is -0.0791. The minimum absolute atomic E-state index is 0.0791. The van der Waals surface area contributed by atoms with E-state index in [1.807, 2.05) is 0 Å². The molecule has 6 heteroatoms. The van der Waals surface area contributed by atoms with Crippen molar-refractivity contribution in [3.05, 3.63) is 22.2 Å². The van der Waals surface area contributed by atoms with Gasteiger partial charge in [0.15, 0.2) is 11.5 Å². The second-order valence-electron chi connectivity index (χ2n) is 4.72. The summed E-state index contributed by atoms with van der Waals surface area (Å²) in [6.07, 6.45) is 0. The normalized spacial score (nSPS) is 17.7. The fourth-order valence-corrected chi connectivity index (χ4v) is 2.63. The molecular formula is C13H15BrN2O3. The molecule has 3 rings (SSSR count). The molecule has 2 aliphatic heterocycles. The molecule has 0 atom stereocenters. The highest BCUT2D eigenvalue weighted by molar-refractivity contribution is 9.10. The minimum Gasteiger partial charge on any atom is -0.486 e. The van der Waals surface area contributed by atoms with Crippen LogP contribution in [0.15, 0.2) is 16.6 Å². The molecule has 19 heavy (non-hydrogen) atoms. The van der Waals surface area contributed by atoms with Gasteiger partial charge in [0.25, 0.3) is 5.91 Å². The molecule has 102 valence electrons. The first-order valence-corrected chi connectivity index (χ1v) is 7.11. The maximum Gasteiger partial charge on any atom is 0.251 e. The van der Waals surface area contributed by atoms with Gasteiger partial charge in [-0.25, -0.2) is 0 Å². The highest BCUT2D eigenvalue weighted by Crippen LogP contribution is 2.38. The number of fused-ring (bicyclic) bond motifs is 1. The van der Waals surface area contributed by atoms with Gasteiger partial charge < -0.3 is 20.1 Å². The zero-order valence-electron chi connectivity index (χ0n) is 10.4. The quantitative estimate of drug-likeness (QED) is 0.875. The first-order chi connectivity index (χ1) is 9.24. The lowest BCUT2D eigenvalue weighted by Gasteiger charge is -2.27. The van der Waals surface area contributed by atoms with Crippen LogP contribution in [0.3, 0.4) is 0 Å². The molecule has 2 aliphatic rings. The van der Waals surface area contributed by atoms with Crippen molar-refractivity contribution >= 4 is 21.8 Å². The van der Waals surface area contributed by atoms with Crippen LogP contribution in [-0.4, -0.2) is 38.8 Å². The number of amides is 1. The molecular weight excluding hydrogens is 312 g/mol. The topological polar surface area (TPSA) is 59.6 Å². The van der Waals surface area contributed by atoms with E-state index in [4.69, 9.17) is 9.47 Å². The lowest BCUT2D eigenvalue weighted by Crippen LogP contribution is -2.48. The third-order valence-electron chi connectivity index (χ3n) is 3.28. The Morgan fingerprint density at radius 3 is 2.89 bits per heavy atom. The smallest absolute Gasteiger partial charge is 0.251 e. The summed E-state index contributed by atoms with van der Waals surface area (Å²) in [5.41, 5.74) is 0.586. The molecule has 1 fully saturated rings. The average Bonchev–Trinajstić information content (AvgIpc) is 2.36. The molecule has 1 saturated heterocycles. The summed E-state index contributed by atoms with van der Waals surface area (Å²) in [5, 5.41) is 6.12. The second kappa shape index (κ2) is 5.38. The van der Waals surface area contributed by atoms with E-state index in [-0.39, 0.29) is 5.91 Å². The lowest BCUT2D eigenvalue weighted by molar-refractivity contribution is 0.0941. The highest BCUT2D eigenvalue weighted by Gasteiger charge is 2.21. The fourth-order valence-electron chi connectivity index (χ4n) is 2.07. The van der Waals surface area contributed by atoms with Crippen molar-refractivity contribution < 1.29 is 14.3 Å². The number of carbonyl (C=O) groups is 1. The summed E-state index contributed by atoms with van der Waals surface area (Å²) < 4.78 is 11.8. The third kappa shape index (κ3) is 2.69. The van der Waals surface area contributed by atoms with Gasteiger partial charge in [-0.15, -0.1) is 0 Å². The Kier molecular flexibility index (Phi) is 3.61. The highest BCUT2D eigenvalue weighted by atomic mass is 79.9. The van der Waals surface area contributed by atoms with E-state index in [1.54, 1.807) is 12.1 Å². The maximum atomic E-state index is 12.1. The first kappa shape index (κ1) is 12.7. The van der Waals surface area contributed by atoms with E-state index in [9.17, 15) is 4.79 Å². The maximum absolute atomic E-state index is 12.1. The SMILES string of the molecule is O=C(NCC1CNC1)c1cc(Br)c2c(c1)OCCO2. The van der Waals surface area contributed by atoms with Crippen molar-refractivity contribution in [3.63, 3.8) is 0 Å². The van der Waals surface area contributed by atoms with Gasteiger partial charge in [-0.1, -0.05) is 0 Å². The molecule has 1 amide bonds. The van der Waals surface area contributed by atoms with Crippen molar-refractivity contribution in [3.8, 4) is 11.5 Å². The van der Waals surface area contributed by atoms with Crippen LogP contribution < -0.4 is 20.1 Å². The number of benzene rings is 1. The first-order valence-electron chi connectivity index (χ1n) is 6.32. The molecule has 0 saturated carbocycles. The van der Waals surface area contributed by atoms with E-state index >= 15 is 0 Å². The van der Waals surface area contributed by atoms with E-state index in [0.29, 0.717) is 42.7 Å². The molecule has 1 aromatic rings. The molecule has 0 spiro atoms. The van der Waals surface area contributed by atoms with E-state index in [2.05, 4.69) is 26.6 Å². The molecule has 0 unspecified atom stereocenters. The Hall–Kier alpha value is -1.27. The van der Waals surface area contributed by atoms with E-state index in [1.165, 1.54) is 0 Å². The summed E-state index contributed by atoms with van der Waals surface area (Å²) in [6, 6.07) is 3.50. The van der Waals surface area contributed by atoms with Crippen LogP contribution in [0.5, 0.6) is 11.5 Å². The second-order valence-corrected chi connectivity index (χ2v) is 5.57. The van der Waals surface area contributed by atoms with Crippen LogP contribution in [0.25, 0.3) is 0 Å². The number of hydrogen-bond acceptors (Lipinski definition) is 4. The Bertz CT molecular complexity index is 503. The standard InChI is InChI=1S/C13H15BrN2O3/c14-10-3-9(4-11-12(10)19-2-1-18-11)13(17)16-7-8-5-15-6-8/h3-4,8,15H,1-2,5-7H2,(H,16,17). The molecule has 0 radical (unpaired) electrons. The van der Waals surface area contributed by atoms with Crippen LogP contribution in [0.2, 0.25) is 0 Å². The average molecular weight is 327 g/mol. The van der Waals surface area contributed by atoms with Gasteiger partial charge in [-0.2, -0.15) is 0 Å². The van der Waals surface area contributed by atoms with Crippen molar-refractivity contribution in [2.45, 2.75) is 0 Å². The number of hydrogen-bond donors (Lipinski definition) is 2. The predicted octanol–water partition coefficient (Wildman–Crippen LogP) is 1.17. The molecule has 0 aromatic heterocycles. The van der Waals surface area contributed by atoms with Gasteiger partial charge in [0.1, 0.15) is 13.2 Å². The van der Waals surface area contributed by atoms with Gasteiger partial charge in [-0.3, -0.25) is 4.79 Å². The Morgan fingerprint density at radius 1 is 1.37 bits per heavy atom. The van der Waals surface area contributed by atoms with Crippen molar-refractivity contribution in [2.75, 3.05) is 32.8 Å². The largest absolute Gasteiger partial charge is 0.486 e. The van der Waals surface area contributed by atoms with Crippen LogP contribution in [-0.2, 0) is 0 Å². The Labute approximate surface area is 119 Å². The van der Waals surface area contributed by atoms with E-state index < -0.39 is 0 Å².